The van der Waals surface area contributed by atoms with Crippen LogP contribution in [-0.4, -0.2) is 32.3 Å². The van der Waals surface area contributed by atoms with Crippen LogP contribution in [0.15, 0.2) is 42.1 Å². The van der Waals surface area contributed by atoms with E-state index in [9.17, 15) is 9.59 Å². The Hall–Kier alpha value is -2.81. The molecule has 0 aliphatic heterocycles. The number of hydrogen-bond acceptors (Lipinski definition) is 6. The number of carbonyl (C=O) groups is 2. The third-order valence-electron chi connectivity index (χ3n) is 3.17. The number of aryl methyl sites for hydroxylation is 1. The van der Waals surface area contributed by atoms with Gasteiger partial charge in [-0.25, -0.2) is 0 Å². The lowest BCUT2D eigenvalue weighted by Gasteiger charge is -2.09. The molecule has 2 rings (SSSR count). The highest BCUT2D eigenvalue weighted by Crippen LogP contribution is 2.19. The number of nitrogens with zero attached hydrogens (tertiary/aromatic N) is 3. The number of allylic oxidation sites excluding steroid dienone is 1. The number of carbonyl (C=O) groups excluding carboxylic acids is 2. The molecule has 0 fully saturated rings. The Morgan fingerprint density at radius 1 is 1.35 bits per heavy atom. The summed E-state index contributed by atoms with van der Waals surface area (Å²) in [6.07, 6.45) is 1.72. The zero-order chi connectivity index (χ0) is 18.9. The molecule has 2 amide bonds. The van der Waals surface area contributed by atoms with Crippen LogP contribution in [0.5, 0.6) is 5.75 Å². The maximum absolute atomic E-state index is 11.7. The van der Waals surface area contributed by atoms with E-state index in [0.717, 1.165) is 11.3 Å². The van der Waals surface area contributed by atoms with Crippen molar-refractivity contribution in [2.45, 2.75) is 32.2 Å². The second kappa shape index (κ2) is 9.62. The van der Waals surface area contributed by atoms with E-state index in [0.29, 0.717) is 17.5 Å². The third-order valence-corrected chi connectivity index (χ3v) is 4.14. The Morgan fingerprint density at radius 2 is 2.15 bits per heavy atom. The Labute approximate surface area is 156 Å². The van der Waals surface area contributed by atoms with Crippen molar-refractivity contribution in [3.63, 3.8) is 0 Å². The van der Waals surface area contributed by atoms with Crippen LogP contribution in [0.2, 0.25) is 0 Å². The average molecular weight is 375 g/mol. The van der Waals surface area contributed by atoms with Gasteiger partial charge in [-0.1, -0.05) is 30.0 Å². The molecule has 0 saturated heterocycles. The van der Waals surface area contributed by atoms with Gasteiger partial charge in [0.15, 0.2) is 11.0 Å². The quantitative estimate of drug-likeness (QED) is 0.413. The summed E-state index contributed by atoms with van der Waals surface area (Å²) in [5.74, 6) is 0.803. The van der Waals surface area contributed by atoms with Crippen LogP contribution in [0, 0.1) is 6.92 Å². The Bertz CT molecular complexity index is 790. The van der Waals surface area contributed by atoms with Crippen LogP contribution in [0.25, 0.3) is 0 Å². The zero-order valence-electron chi connectivity index (χ0n) is 14.7. The molecule has 2 aromatic rings. The van der Waals surface area contributed by atoms with E-state index in [2.05, 4.69) is 27.6 Å². The van der Waals surface area contributed by atoms with Gasteiger partial charge in [0.1, 0.15) is 12.4 Å². The predicted octanol–water partition coefficient (Wildman–Crippen LogP) is 1.61. The van der Waals surface area contributed by atoms with Crippen LogP contribution in [0.4, 0.5) is 0 Å². The van der Waals surface area contributed by atoms with Crippen LogP contribution in [0.3, 0.4) is 0 Å². The van der Waals surface area contributed by atoms with Crippen molar-refractivity contribution in [3.8, 4) is 5.75 Å². The van der Waals surface area contributed by atoms with Gasteiger partial charge < -0.3 is 4.74 Å². The summed E-state index contributed by atoms with van der Waals surface area (Å²) in [4.78, 5) is 22.5. The molecule has 1 aromatic heterocycles. The highest BCUT2D eigenvalue weighted by atomic mass is 32.2. The van der Waals surface area contributed by atoms with Crippen molar-refractivity contribution in [2.24, 2.45) is 0 Å². The highest BCUT2D eigenvalue weighted by molar-refractivity contribution is 7.99. The van der Waals surface area contributed by atoms with Gasteiger partial charge in [0.05, 0.1) is 5.75 Å². The van der Waals surface area contributed by atoms with E-state index in [1.807, 2.05) is 35.8 Å². The number of hydrogen-bond donors (Lipinski definition) is 2. The number of aromatic nitrogens is 3. The summed E-state index contributed by atoms with van der Waals surface area (Å²) < 4.78 is 7.60. The van der Waals surface area contributed by atoms with Gasteiger partial charge in [0, 0.05) is 13.5 Å². The van der Waals surface area contributed by atoms with Gasteiger partial charge in [-0.05, 0) is 24.6 Å². The number of thioether (sulfide) groups is 1. The maximum atomic E-state index is 11.7. The second-order valence-corrected chi connectivity index (χ2v) is 6.36. The molecule has 0 spiro atoms. The van der Waals surface area contributed by atoms with E-state index < -0.39 is 0 Å². The fourth-order valence-corrected chi connectivity index (χ4v) is 2.79. The van der Waals surface area contributed by atoms with Gasteiger partial charge in [-0.3, -0.25) is 25.0 Å². The van der Waals surface area contributed by atoms with Crippen molar-refractivity contribution in [2.75, 3.05) is 5.75 Å². The number of benzene rings is 1. The van der Waals surface area contributed by atoms with Crippen LogP contribution in [-0.2, 0) is 22.7 Å². The molecule has 1 heterocycles. The molecule has 2 N–H and O–H groups in total. The maximum Gasteiger partial charge on any atom is 0.248 e. The molecule has 26 heavy (non-hydrogen) atoms. The van der Waals surface area contributed by atoms with Gasteiger partial charge in [0.25, 0.3) is 0 Å². The van der Waals surface area contributed by atoms with E-state index in [1.165, 1.54) is 18.7 Å². The molecular formula is C17H21N5O3S. The van der Waals surface area contributed by atoms with Crippen LogP contribution >= 0.6 is 11.8 Å². The summed E-state index contributed by atoms with van der Waals surface area (Å²) in [6.45, 7) is 7.79. The minimum absolute atomic E-state index is 0.0916. The first kappa shape index (κ1) is 19.5. The fraction of sp³-hybridized carbons (Fsp3) is 0.294. The molecular weight excluding hydrogens is 354 g/mol. The van der Waals surface area contributed by atoms with Gasteiger partial charge in [0.2, 0.25) is 11.8 Å². The van der Waals surface area contributed by atoms with Crippen molar-refractivity contribution in [1.82, 2.24) is 25.6 Å². The lowest BCUT2D eigenvalue weighted by molar-refractivity contribution is -0.126. The van der Waals surface area contributed by atoms with E-state index in [4.69, 9.17) is 4.74 Å². The lowest BCUT2D eigenvalue weighted by atomic mass is 10.2. The number of nitrogens with one attached hydrogen (secondary N) is 2. The lowest BCUT2D eigenvalue weighted by Crippen LogP contribution is -2.41. The van der Waals surface area contributed by atoms with E-state index in [-0.39, 0.29) is 24.2 Å². The van der Waals surface area contributed by atoms with Crippen molar-refractivity contribution in [1.29, 1.82) is 0 Å². The highest BCUT2D eigenvalue weighted by Gasteiger charge is 2.14. The minimum atomic E-state index is -0.339. The summed E-state index contributed by atoms with van der Waals surface area (Å²) in [7, 11) is 0. The molecule has 8 nitrogen and oxygen atoms in total. The third kappa shape index (κ3) is 5.92. The molecule has 0 radical (unpaired) electrons. The SMILES string of the molecule is C=CCn1c(COc2cccc(C)c2)nnc1SCC(=O)NNC(C)=O. The van der Waals surface area contributed by atoms with Gasteiger partial charge >= 0.3 is 0 Å². The van der Waals surface area contributed by atoms with Crippen molar-refractivity contribution < 1.29 is 14.3 Å². The van der Waals surface area contributed by atoms with E-state index >= 15 is 0 Å². The summed E-state index contributed by atoms with van der Waals surface area (Å²) in [5.41, 5.74) is 5.65. The fourth-order valence-electron chi connectivity index (χ4n) is 2.02. The first-order chi connectivity index (χ1) is 12.5. The normalized spacial score (nSPS) is 10.2. The molecule has 0 aliphatic rings. The molecule has 0 aliphatic carbocycles. The summed E-state index contributed by atoms with van der Waals surface area (Å²) in [6, 6.07) is 7.74. The minimum Gasteiger partial charge on any atom is -0.486 e. The molecule has 0 atom stereocenters. The molecule has 138 valence electrons. The molecule has 9 heteroatoms. The number of amides is 2. The summed E-state index contributed by atoms with van der Waals surface area (Å²) in [5, 5.41) is 8.83. The van der Waals surface area contributed by atoms with E-state index in [1.54, 1.807) is 6.08 Å². The smallest absolute Gasteiger partial charge is 0.248 e. The molecule has 0 unspecified atom stereocenters. The first-order valence-electron chi connectivity index (χ1n) is 7.90. The largest absolute Gasteiger partial charge is 0.486 e. The first-order valence-corrected chi connectivity index (χ1v) is 8.89. The molecule has 0 bridgehead atoms. The standard InChI is InChI=1S/C17H21N5O3S/c1-4-8-22-15(10-25-14-7-5-6-12(2)9-14)19-21-17(22)26-11-16(24)20-18-13(3)23/h4-7,9H,1,8,10-11H2,2-3H3,(H,18,23)(H,20,24). The summed E-state index contributed by atoms with van der Waals surface area (Å²) >= 11 is 1.21. The second-order valence-electron chi connectivity index (χ2n) is 5.42. The monoisotopic (exact) mass is 375 g/mol. The average Bonchev–Trinajstić information content (AvgIpc) is 2.98. The Morgan fingerprint density at radius 3 is 2.85 bits per heavy atom. The zero-order valence-corrected chi connectivity index (χ0v) is 15.5. The molecule has 0 saturated carbocycles. The predicted molar refractivity (Wildman–Crippen MR) is 98.4 cm³/mol. The van der Waals surface area contributed by atoms with Gasteiger partial charge in [-0.2, -0.15) is 0 Å². The van der Waals surface area contributed by atoms with Crippen molar-refractivity contribution >= 4 is 23.6 Å². The van der Waals surface area contributed by atoms with Crippen molar-refractivity contribution in [3.05, 3.63) is 48.3 Å². The van der Waals surface area contributed by atoms with Crippen LogP contribution in [0.1, 0.15) is 18.3 Å². The number of rotatable bonds is 8. The number of ether oxygens (including phenoxy) is 1. The molecule has 1 aromatic carbocycles. The number of hydrazine groups is 1. The Balaban J connectivity index is 1.99. The van der Waals surface area contributed by atoms with Crippen LogP contribution < -0.4 is 15.6 Å². The Kier molecular flexibility index (Phi) is 7.22. The van der Waals surface area contributed by atoms with Gasteiger partial charge in [-0.15, -0.1) is 16.8 Å². The topological polar surface area (TPSA) is 98.1 Å².